The van der Waals surface area contributed by atoms with Crippen LogP contribution in [0.3, 0.4) is 0 Å². The van der Waals surface area contributed by atoms with Gasteiger partial charge in [0.1, 0.15) is 6.04 Å². The molecule has 0 rings (SSSR count). The molecule has 9 nitrogen and oxygen atoms in total. The third kappa shape index (κ3) is 6.99. The van der Waals surface area contributed by atoms with Crippen LogP contribution in [0.2, 0.25) is 0 Å². The molecule has 0 bridgehead atoms. The van der Waals surface area contributed by atoms with Crippen LogP contribution in [0.4, 0.5) is 0 Å². The lowest BCUT2D eigenvalue weighted by Crippen LogP contribution is -2.44. The Morgan fingerprint density at radius 3 is 2.26 bits per heavy atom. The summed E-state index contributed by atoms with van der Waals surface area (Å²) in [5.41, 5.74) is 6.26. The Hall–Kier alpha value is -2.16. The molecule has 0 aromatic rings. The second-order valence-electron chi connectivity index (χ2n) is 4.04. The first-order valence-corrected chi connectivity index (χ1v) is 5.52. The van der Waals surface area contributed by atoms with Gasteiger partial charge in [0.25, 0.3) is 0 Å². The molecule has 0 radical (unpaired) electrons. The molecule has 0 spiro atoms. The van der Waals surface area contributed by atoms with Crippen molar-refractivity contribution in [2.24, 2.45) is 11.7 Å². The number of nitrogens with two attached hydrogens (primary N) is 1. The topological polar surface area (TPSA) is 159 Å². The van der Waals surface area contributed by atoms with Crippen molar-refractivity contribution in [1.82, 2.24) is 10.8 Å². The molecule has 0 fully saturated rings. The number of rotatable bonds is 8. The Bertz CT molecular complexity index is 370. The average Bonchev–Trinajstić information content (AvgIpc) is 2.32. The van der Waals surface area contributed by atoms with Crippen LogP contribution in [0.15, 0.2) is 0 Å². The highest BCUT2D eigenvalue weighted by Crippen LogP contribution is 2.04. The van der Waals surface area contributed by atoms with E-state index < -0.39 is 35.7 Å². The van der Waals surface area contributed by atoms with Gasteiger partial charge in [-0.15, -0.1) is 0 Å². The van der Waals surface area contributed by atoms with Crippen LogP contribution >= 0.6 is 0 Å². The number of hydrogen-bond donors (Lipinski definition) is 5. The van der Waals surface area contributed by atoms with E-state index in [2.05, 4.69) is 5.32 Å². The van der Waals surface area contributed by atoms with Gasteiger partial charge >= 0.3 is 5.97 Å². The zero-order valence-electron chi connectivity index (χ0n) is 10.4. The molecule has 6 N–H and O–H groups in total. The molecule has 0 aromatic heterocycles. The largest absolute Gasteiger partial charge is 0.480 e. The van der Waals surface area contributed by atoms with Crippen LogP contribution < -0.4 is 16.5 Å². The highest BCUT2D eigenvalue weighted by Gasteiger charge is 2.24. The van der Waals surface area contributed by atoms with E-state index in [0.29, 0.717) is 0 Å². The van der Waals surface area contributed by atoms with Crippen molar-refractivity contribution in [2.45, 2.75) is 32.2 Å². The van der Waals surface area contributed by atoms with Gasteiger partial charge in [0.05, 0.1) is 0 Å². The molecule has 0 heterocycles. The number of nitrogens with one attached hydrogen (secondary N) is 2. The summed E-state index contributed by atoms with van der Waals surface area (Å²) in [6.45, 7) is 1.40. The molecule has 0 saturated carbocycles. The number of carboxylic acid groups (broad SMARTS) is 1. The van der Waals surface area contributed by atoms with E-state index in [1.165, 1.54) is 12.4 Å². The van der Waals surface area contributed by atoms with Crippen molar-refractivity contribution < 1.29 is 29.5 Å². The fourth-order valence-electron chi connectivity index (χ4n) is 1.27. The van der Waals surface area contributed by atoms with Gasteiger partial charge in [-0.25, -0.2) is 10.3 Å². The van der Waals surface area contributed by atoms with Crippen LogP contribution in [-0.2, 0) is 19.2 Å². The number of carboxylic acids is 1. The second-order valence-corrected chi connectivity index (χ2v) is 4.04. The summed E-state index contributed by atoms with van der Waals surface area (Å²) in [6.07, 6.45) is -0.595. The first kappa shape index (κ1) is 16.8. The van der Waals surface area contributed by atoms with Crippen molar-refractivity contribution in [1.29, 1.82) is 0 Å². The molecule has 108 valence electrons. The van der Waals surface area contributed by atoms with Crippen LogP contribution in [0, 0.1) is 5.92 Å². The Labute approximate surface area is 109 Å². The fourth-order valence-corrected chi connectivity index (χ4v) is 1.27. The first-order valence-electron chi connectivity index (χ1n) is 5.52. The number of carbonyl (C=O) groups excluding carboxylic acids is 3. The van der Waals surface area contributed by atoms with Gasteiger partial charge in [-0.1, -0.05) is 6.92 Å². The SMILES string of the molecule is CC(CC(=O)NO)C(=O)N[C@@H](CCC(N)=O)C(=O)O. The van der Waals surface area contributed by atoms with Crippen molar-refractivity contribution in [2.75, 3.05) is 0 Å². The maximum Gasteiger partial charge on any atom is 0.326 e. The van der Waals surface area contributed by atoms with E-state index in [1.807, 2.05) is 0 Å². The third-order valence-corrected chi connectivity index (χ3v) is 2.36. The molecule has 3 amide bonds. The molecule has 2 atom stereocenters. The number of hydroxylamine groups is 1. The van der Waals surface area contributed by atoms with Crippen LogP contribution in [-0.4, -0.2) is 40.0 Å². The lowest BCUT2D eigenvalue weighted by Gasteiger charge is -2.16. The van der Waals surface area contributed by atoms with Crippen molar-refractivity contribution in [3.8, 4) is 0 Å². The van der Waals surface area contributed by atoms with E-state index in [1.54, 1.807) is 0 Å². The normalized spacial score (nSPS) is 13.2. The van der Waals surface area contributed by atoms with Crippen molar-refractivity contribution in [3.05, 3.63) is 0 Å². The standard InChI is InChI=1S/C10H17N3O6/c1-5(4-8(15)13-19)9(16)12-6(10(17)18)2-3-7(11)14/h5-6,19H,2-4H2,1H3,(H2,11,14)(H,12,16)(H,13,15)(H,17,18)/t5?,6-/m0/s1. The molecule has 0 aromatic carbocycles. The summed E-state index contributed by atoms with van der Waals surface area (Å²) < 4.78 is 0. The predicted octanol–water partition coefficient (Wildman–Crippen LogP) is -1.65. The van der Waals surface area contributed by atoms with Crippen LogP contribution in [0.5, 0.6) is 0 Å². The lowest BCUT2D eigenvalue weighted by molar-refractivity contribution is -0.143. The molecule has 1 unspecified atom stereocenters. The number of amides is 3. The second kappa shape index (κ2) is 8.03. The fraction of sp³-hybridized carbons (Fsp3) is 0.600. The molecular formula is C10H17N3O6. The summed E-state index contributed by atoms with van der Waals surface area (Å²) in [5.74, 6) is -4.21. The van der Waals surface area contributed by atoms with Gasteiger partial charge in [-0.2, -0.15) is 0 Å². The minimum Gasteiger partial charge on any atom is -0.480 e. The summed E-state index contributed by atoms with van der Waals surface area (Å²) in [7, 11) is 0. The van der Waals surface area contributed by atoms with Gasteiger partial charge in [-0.05, 0) is 6.42 Å². The number of aliphatic carboxylic acids is 1. The van der Waals surface area contributed by atoms with Crippen LogP contribution in [0.1, 0.15) is 26.2 Å². The molecular weight excluding hydrogens is 258 g/mol. The van der Waals surface area contributed by atoms with Gasteiger partial charge < -0.3 is 16.2 Å². The maximum atomic E-state index is 11.6. The number of hydrogen-bond acceptors (Lipinski definition) is 5. The first-order chi connectivity index (χ1) is 8.77. The molecule has 19 heavy (non-hydrogen) atoms. The minimum absolute atomic E-state index is 0.130. The zero-order chi connectivity index (χ0) is 15.0. The van der Waals surface area contributed by atoms with E-state index in [0.717, 1.165) is 0 Å². The highest BCUT2D eigenvalue weighted by molar-refractivity contribution is 5.88. The van der Waals surface area contributed by atoms with Crippen molar-refractivity contribution in [3.63, 3.8) is 0 Å². The number of carbonyl (C=O) groups is 4. The average molecular weight is 275 g/mol. The Balaban J connectivity index is 4.41. The molecule has 0 saturated heterocycles. The van der Waals surface area contributed by atoms with Gasteiger partial charge in [0.15, 0.2) is 0 Å². The summed E-state index contributed by atoms with van der Waals surface area (Å²) in [4.78, 5) is 43.9. The summed E-state index contributed by atoms with van der Waals surface area (Å²) in [5, 5.41) is 19.4. The minimum atomic E-state index is -1.30. The van der Waals surface area contributed by atoms with E-state index in [9.17, 15) is 19.2 Å². The zero-order valence-corrected chi connectivity index (χ0v) is 10.4. The molecule has 0 aliphatic carbocycles. The number of primary amides is 1. The highest BCUT2D eigenvalue weighted by atomic mass is 16.5. The quantitative estimate of drug-likeness (QED) is 0.263. The summed E-state index contributed by atoms with van der Waals surface area (Å²) >= 11 is 0. The van der Waals surface area contributed by atoms with E-state index in [4.69, 9.17) is 16.0 Å². The van der Waals surface area contributed by atoms with E-state index in [-0.39, 0.29) is 19.3 Å². The summed E-state index contributed by atoms with van der Waals surface area (Å²) in [6, 6.07) is -1.25. The maximum absolute atomic E-state index is 11.6. The van der Waals surface area contributed by atoms with Gasteiger partial charge in [0.2, 0.25) is 17.7 Å². The van der Waals surface area contributed by atoms with Crippen LogP contribution in [0.25, 0.3) is 0 Å². The Morgan fingerprint density at radius 1 is 1.26 bits per heavy atom. The van der Waals surface area contributed by atoms with Gasteiger partial charge in [-0.3, -0.25) is 19.6 Å². The lowest BCUT2D eigenvalue weighted by atomic mass is 10.1. The molecule has 9 heteroatoms. The Kier molecular flexibility index (Phi) is 7.12. The predicted molar refractivity (Wildman–Crippen MR) is 61.7 cm³/mol. The smallest absolute Gasteiger partial charge is 0.326 e. The molecule has 0 aliphatic heterocycles. The monoisotopic (exact) mass is 275 g/mol. The van der Waals surface area contributed by atoms with E-state index >= 15 is 0 Å². The van der Waals surface area contributed by atoms with Gasteiger partial charge in [0, 0.05) is 18.8 Å². The Morgan fingerprint density at radius 2 is 1.84 bits per heavy atom. The van der Waals surface area contributed by atoms with Crippen molar-refractivity contribution >= 4 is 23.7 Å². The third-order valence-electron chi connectivity index (χ3n) is 2.36. The molecule has 0 aliphatic rings.